The first-order chi connectivity index (χ1) is 7.54. The van der Waals surface area contributed by atoms with E-state index in [1.807, 2.05) is 6.92 Å². The van der Waals surface area contributed by atoms with Crippen molar-refractivity contribution >= 4 is 38.3 Å². The molecular formula is C13H18Cl2Si. The molecule has 3 heteroatoms. The van der Waals surface area contributed by atoms with Crippen molar-refractivity contribution in [1.82, 2.24) is 0 Å². The van der Waals surface area contributed by atoms with Gasteiger partial charge in [-0.15, -0.1) is 23.2 Å². The van der Waals surface area contributed by atoms with Crippen LogP contribution >= 0.6 is 23.2 Å². The number of hydrogen-bond acceptors (Lipinski definition) is 0. The lowest BCUT2D eigenvalue weighted by atomic mass is 9.99. The van der Waals surface area contributed by atoms with Crippen LogP contribution in [0.3, 0.4) is 0 Å². The van der Waals surface area contributed by atoms with Crippen LogP contribution in [0.2, 0.25) is 0 Å². The van der Waals surface area contributed by atoms with Gasteiger partial charge in [0.15, 0.2) is 0 Å². The van der Waals surface area contributed by atoms with Crippen LogP contribution in [0, 0.1) is 0 Å². The van der Waals surface area contributed by atoms with Gasteiger partial charge in [0.25, 0.3) is 0 Å². The standard InChI is InChI=1S/C13H18Cl2Si/c1-4-10-5-6-12(9(2)3)11(7-10)8-16-13(14)15/h5-7,13H,2,4,8,16H2,1,3H3. The molecule has 0 radical (unpaired) electrons. The Bertz CT molecular complexity index is 372. The SMILES string of the molecule is C=C(C)c1ccc(CC)cc1C[SiH2]C(Cl)Cl. The second kappa shape index (κ2) is 6.48. The van der Waals surface area contributed by atoms with Gasteiger partial charge >= 0.3 is 0 Å². The Balaban J connectivity index is 2.96. The van der Waals surface area contributed by atoms with E-state index in [0.717, 1.165) is 18.0 Å². The summed E-state index contributed by atoms with van der Waals surface area (Å²) in [6.07, 6.45) is 1.07. The van der Waals surface area contributed by atoms with Crippen molar-refractivity contribution in [2.45, 2.75) is 30.8 Å². The summed E-state index contributed by atoms with van der Waals surface area (Å²) in [7, 11) is -0.439. The summed E-state index contributed by atoms with van der Waals surface area (Å²) in [4.78, 5) is 0. The fourth-order valence-electron chi connectivity index (χ4n) is 1.75. The Labute approximate surface area is 110 Å². The van der Waals surface area contributed by atoms with Crippen molar-refractivity contribution in [3.63, 3.8) is 0 Å². The fourth-order valence-corrected chi connectivity index (χ4v) is 3.35. The minimum absolute atomic E-state index is 0.150. The summed E-state index contributed by atoms with van der Waals surface area (Å²) in [6.45, 7) is 8.23. The lowest BCUT2D eigenvalue weighted by Gasteiger charge is -2.11. The molecule has 0 saturated carbocycles. The molecule has 1 rings (SSSR count). The molecule has 0 aliphatic heterocycles. The third-order valence-electron chi connectivity index (χ3n) is 2.67. The van der Waals surface area contributed by atoms with Crippen LogP contribution in [-0.4, -0.2) is 14.0 Å². The van der Waals surface area contributed by atoms with E-state index in [9.17, 15) is 0 Å². The van der Waals surface area contributed by atoms with Crippen molar-refractivity contribution in [3.8, 4) is 0 Å². The van der Waals surface area contributed by atoms with Gasteiger partial charge in [-0.3, -0.25) is 0 Å². The number of halogens is 2. The van der Waals surface area contributed by atoms with Gasteiger partial charge in [0.2, 0.25) is 0 Å². The van der Waals surface area contributed by atoms with Crippen molar-refractivity contribution in [2.24, 2.45) is 0 Å². The van der Waals surface area contributed by atoms with Gasteiger partial charge in [-0.2, -0.15) is 0 Å². The number of hydrogen-bond donors (Lipinski definition) is 0. The normalized spacial score (nSPS) is 11.6. The quantitative estimate of drug-likeness (QED) is 0.566. The van der Waals surface area contributed by atoms with E-state index in [2.05, 4.69) is 31.7 Å². The smallest absolute Gasteiger partial charge is 0.0911 e. The van der Waals surface area contributed by atoms with E-state index in [1.54, 1.807) is 0 Å². The topological polar surface area (TPSA) is 0 Å². The summed E-state index contributed by atoms with van der Waals surface area (Å²) in [5.41, 5.74) is 5.12. The first-order valence-corrected chi connectivity index (χ1v) is 8.29. The molecule has 0 unspecified atom stereocenters. The third-order valence-corrected chi connectivity index (χ3v) is 5.24. The number of rotatable bonds is 5. The van der Waals surface area contributed by atoms with E-state index in [0.29, 0.717) is 0 Å². The Kier molecular flexibility index (Phi) is 5.60. The average molecular weight is 273 g/mol. The third kappa shape index (κ3) is 3.97. The van der Waals surface area contributed by atoms with E-state index in [-0.39, 0.29) is 4.46 Å². The first-order valence-electron chi connectivity index (χ1n) is 5.60. The molecular weight excluding hydrogens is 255 g/mol. The molecule has 0 N–H and O–H groups in total. The van der Waals surface area contributed by atoms with E-state index < -0.39 is 9.52 Å². The minimum Gasteiger partial charge on any atom is -0.110 e. The average Bonchev–Trinajstić information content (AvgIpc) is 2.25. The van der Waals surface area contributed by atoms with Crippen LogP contribution in [0.15, 0.2) is 24.8 Å². The molecule has 0 nitrogen and oxygen atoms in total. The van der Waals surface area contributed by atoms with Gasteiger partial charge in [0.05, 0.1) is 14.0 Å². The fraction of sp³-hybridized carbons (Fsp3) is 0.385. The maximum atomic E-state index is 5.84. The molecule has 0 aliphatic rings. The van der Waals surface area contributed by atoms with Crippen LogP contribution < -0.4 is 0 Å². The lowest BCUT2D eigenvalue weighted by Crippen LogP contribution is -2.08. The monoisotopic (exact) mass is 272 g/mol. The van der Waals surface area contributed by atoms with Crippen LogP contribution in [0.5, 0.6) is 0 Å². The molecule has 0 amide bonds. The lowest BCUT2D eigenvalue weighted by molar-refractivity contribution is 1.12. The predicted octanol–water partition coefficient (Wildman–Crippen LogP) is 3.71. The number of aryl methyl sites for hydroxylation is 1. The Morgan fingerprint density at radius 3 is 2.62 bits per heavy atom. The van der Waals surface area contributed by atoms with Gasteiger partial charge in [0.1, 0.15) is 0 Å². The van der Waals surface area contributed by atoms with Gasteiger partial charge in [-0.1, -0.05) is 37.3 Å². The molecule has 16 heavy (non-hydrogen) atoms. The molecule has 0 spiro atoms. The molecule has 0 fully saturated rings. The number of allylic oxidation sites excluding steroid dienone is 1. The zero-order chi connectivity index (χ0) is 12.1. The van der Waals surface area contributed by atoms with Crippen molar-refractivity contribution in [3.05, 3.63) is 41.5 Å². The highest BCUT2D eigenvalue weighted by atomic mass is 35.5. The summed E-state index contributed by atoms with van der Waals surface area (Å²) in [6, 6.07) is 7.66. The second-order valence-electron chi connectivity index (χ2n) is 4.06. The molecule has 88 valence electrons. The van der Waals surface area contributed by atoms with Gasteiger partial charge < -0.3 is 0 Å². The largest absolute Gasteiger partial charge is 0.110 e. The maximum Gasteiger partial charge on any atom is 0.0911 e. The zero-order valence-electron chi connectivity index (χ0n) is 9.89. The van der Waals surface area contributed by atoms with Gasteiger partial charge in [-0.25, -0.2) is 0 Å². The second-order valence-corrected chi connectivity index (χ2v) is 8.26. The van der Waals surface area contributed by atoms with Crippen LogP contribution in [0.4, 0.5) is 0 Å². The van der Waals surface area contributed by atoms with Gasteiger partial charge in [0, 0.05) is 0 Å². The Morgan fingerprint density at radius 1 is 1.44 bits per heavy atom. The number of alkyl halides is 2. The van der Waals surface area contributed by atoms with Crippen LogP contribution in [-0.2, 0) is 12.5 Å². The van der Waals surface area contributed by atoms with Crippen LogP contribution in [0.25, 0.3) is 5.57 Å². The number of benzene rings is 1. The Morgan fingerprint density at radius 2 is 2.12 bits per heavy atom. The van der Waals surface area contributed by atoms with E-state index in [4.69, 9.17) is 23.2 Å². The van der Waals surface area contributed by atoms with E-state index in [1.165, 1.54) is 16.7 Å². The molecule has 0 atom stereocenters. The highest BCUT2D eigenvalue weighted by molar-refractivity contribution is 6.68. The molecule has 0 bridgehead atoms. The predicted molar refractivity (Wildman–Crippen MR) is 78.3 cm³/mol. The molecule has 0 aliphatic carbocycles. The van der Waals surface area contributed by atoms with Crippen molar-refractivity contribution in [1.29, 1.82) is 0 Å². The highest BCUT2D eigenvalue weighted by Gasteiger charge is 2.07. The summed E-state index contributed by atoms with van der Waals surface area (Å²) in [5.74, 6) is 0. The summed E-state index contributed by atoms with van der Waals surface area (Å²) in [5, 5.41) is 0. The van der Waals surface area contributed by atoms with Gasteiger partial charge in [-0.05, 0) is 36.1 Å². The first kappa shape index (κ1) is 13.8. The van der Waals surface area contributed by atoms with Crippen LogP contribution in [0.1, 0.15) is 30.5 Å². The molecule has 1 aromatic rings. The zero-order valence-corrected chi connectivity index (χ0v) is 12.8. The molecule has 1 aromatic carbocycles. The van der Waals surface area contributed by atoms with Crippen molar-refractivity contribution < 1.29 is 0 Å². The van der Waals surface area contributed by atoms with E-state index >= 15 is 0 Å². The Hall–Kier alpha value is -0.243. The maximum absolute atomic E-state index is 5.84. The molecule has 0 aromatic heterocycles. The molecule has 0 heterocycles. The minimum atomic E-state index is -0.439. The molecule has 0 saturated heterocycles. The highest BCUT2D eigenvalue weighted by Crippen LogP contribution is 2.20. The van der Waals surface area contributed by atoms with Crippen molar-refractivity contribution in [2.75, 3.05) is 0 Å². The summed E-state index contributed by atoms with van der Waals surface area (Å²) < 4.78 is -0.150. The summed E-state index contributed by atoms with van der Waals surface area (Å²) >= 11 is 11.7.